The maximum atomic E-state index is 13.6. The number of benzene rings is 1. The predicted molar refractivity (Wildman–Crippen MR) is 57.1 cm³/mol. The topological polar surface area (TPSA) is 40.5 Å². The highest BCUT2D eigenvalue weighted by atomic mass is 19.1. The number of rotatable bonds is 2. The lowest BCUT2D eigenvalue weighted by atomic mass is 9.90. The van der Waals surface area contributed by atoms with E-state index in [9.17, 15) is 14.6 Å². The monoisotopic (exact) mass is 212 g/mol. The molecule has 0 saturated carbocycles. The van der Waals surface area contributed by atoms with Gasteiger partial charge in [-0.3, -0.25) is 0 Å². The Morgan fingerprint density at radius 3 is 2.20 bits per heavy atom. The van der Waals surface area contributed by atoms with E-state index in [4.69, 9.17) is 0 Å². The van der Waals surface area contributed by atoms with Crippen molar-refractivity contribution in [3.63, 3.8) is 0 Å². The summed E-state index contributed by atoms with van der Waals surface area (Å²) in [6, 6.07) is 3.14. The molecule has 0 aliphatic carbocycles. The number of aliphatic hydroxyl groups excluding tert-OH is 1. The van der Waals surface area contributed by atoms with Crippen molar-refractivity contribution < 1.29 is 14.6 Å². The molecule has 0 aliphatic rings. The van der Waals surface area contributed by atoms with Gasteiger partial charge in [0.15, 0.2) is 0 Å². The van der Waals surface area contributed by atoms with Crippen LogP contribution >= 0.6 is 0 Å². The highest BCUT2D eigenvalue weighted by molar-refractivity contribution is 5.34. The molecule has 1 aromatic carbocycles. The van der Waals surface area contributed by atoms with Crippen molar-refractivity contribution in [3.8, 4) is 0 Å². The lowest BCUT2D eigenvalue weighted by Gasteiger charge is -2.26. The molecule has 0 bridgehead atoms. The second-order valence-corrected chi connectivity index (χ2v) is 4.53. The fourth-order valence-corrected chi connectivity index (χ4v) is 1.63. The average molecular weight is 212 g/mol. The van der Waals surface area contributed by atoms with Crippen molar-refractivity contribution in [1.29, 1.82) is 0 Å². The average Bonchev–Trinajstić information content (AvgIpc) is 1.99. The molecule has 0 spiro atoms. The van der Waals surface area contributed by atoms with Gasteiger partial charge in [-0.2, -0.15) is 0 Å². The summed E-state index contributed by atoms with van der Waals surface area (Å²) in [4.78, 5) is 0. The van der Waals surface area contributed by atoms with Gasteiger partial charge in [0.2, 0.25) is 0 Å². The van der Waals surface area contributed by atoms with Crippen LogP contribution in [-0.2, 0) is 0 Å². The molecule has 0 radical (unpaired) electrons. The van der Waals surface area contributed by atoms with Gasteiger partial charge in [-0.1, -0.05) is 6.07 Å². The van der Waals surface area contributed by atoms with Crippen molar-refractivity contribution in [2.75, 3.05) is 0 Å². The summed E-state index contributed by atoms with van der Waals surface area (Å²) in [5.74, 6) is -0.470. The number of hydrogen-bond donors (Lipinski definition) is 2. The van der Waals surface area contributed by atoms with E-state index in [0.29, 0.717) is 5.56 Å². The van der Waals surface area contributed by atoms with E-state index in [1.165, 1.54) is 19.9 Å². The first-order valence-electron chi connectivity index (χ1n) is 4.90. The summed E-state index contributed by atoms with van der Waals surface area (Å²) in [6.45, 7) is 6.42. The molecule has 0 saturated heterocycles. The van der Waals surface area contributed by atoms with Gasteiger partial charge in [0.1, 0.15) is 11.9 Å². The number of hydrogen-bond acceptors (Lipinski definition) is 2. The molecule has 0 amide bonds. The SMILES string of the molecule is Cc1cc(C)c(C(O)C(C)(C)O)c(F)c1. The highest BCUT2D eigenvalue weighted by Gasteiger charge is 2.29. The van der Waals surface area contributed by atoms with Crippen LogP contribution in [0.15, 0.2) is 12.1 Å². The van der Waals surface area contributed by atoms with E-state index in [1.807, 2.05) is 0 Å². The Balaban J connectivity index is 3.26. The Labute approximate surface area is 89.4 Å². The quantitative estimate of drug-likeness (QED) is 0.789. The van der Waals surface area contributed by atoms with Crippen molar-refractivity contribution in [3.05, 3.63) is 34.6 Å². The number of halogens is 1. The zero-order chi connectivity index (χ0) is 11.8. The van der Waals surface area contributed by atoms with Crippen molar-refractivity contribution >= 4 is 0 Å². The van der Waals surface area contributed by atoms with Crippen LogP contribution in [0.5, 0.6) is 0 Å². The molecule has 1 rings (SSSR count). The van der Waals surface area contributed by atoms with Gasteiger partial charge in [-0.05, 0) is 44.9 Å². The molecule has 2 N–H and O–H groups in total. The second kappa shape index (κ2) is 3.91. The molecule has 1 unspecified atom stereocenters. The lowest BCUT2D eigenvalue weighted by Crippen LogP contribution is -2.30. The summed E-state index contributed by atoms with van der Waals surface area (Å²) in [7, 11) is 0. The van der Waals surface area contributed by atoms with E-state index in [0.717, 1.165) is 5.56 Å². The Kier molecular flexibility index (Phi) is 3.16. The molecule has 84 valence electrons. The van der Waals surface area contributed by atoms with Crippen molar-refractivity contribution in [2.45, 2.75) is 39.4 Å². The third kappa shape index (κ3) is 2.55. The summed E-state index contributed by atoms with van der Waals surface area (Å²) < 4.78 is 13.6. The smallest absolute Gasteiger partial charge is 0.129 e. The van der Waals surface area contributed by atoms with Crippen LogP contribution in [0.25, 0.3) is 0 Å². The maximum absolute atomic E-state index is 13.6. The maximum Gasteiger partial charge on any atom is 0.129 e. The Hall–Kier alpha value is -0.930. The fraction of sp³-hybridized carbons (Fsp3) is 0.500. The van der Waals surface area contributed by atoms with Crippen LogP contribution in [0, 0.1) is 19.7 Å². The highest BCUT2D eigenvalue weighted by Crippen LogP contribution is 2.30. The zero-order valence-corrected chi connectivity index (χ0v) is 9.50. The summed E-state index contributed by atoms with van der Waals surface area (Å²) in [5, 5.41) is 19.5. The van der Waals surface area contributed by atoms with Crippen LogP contribution in [0.1, 0.15) is 36.6 Å². The third-order valence-corrected chi connectivity index (χ3v) is 2.42. The van der Waals surface area contributed by atoms with Crippen LogP contribution in [0.2, 0.25) is 0 Å². The molecular formula is C12H17FO2. The number of aryl methyl sites for hydroxylation is 2. The molecule has 0 aliphatic heterocycles. The molecular weight excluding hydrogens is 195 g/mol. The zero-order valence-electron chi connectivity index (χ0n) is 9.50. The van der Waals surface area contributed by atoms with Crippen molar-refractivity contribution in [2.24, 2.45) is 0 Å². The van der Waals surface area contributed by atoms with Crippen LogP contribution in [0.3, 0.4) is 0 Å². The van der Waals surface area contributed by atoms with Gasteiger partial charge in [0, 0.05) is 5.56 Å². The van der Waals surface area contributed by atoms with Crippen LogP contribution in [-0.4, -0.2) is 15.8 Å². The van der Waals surface area contributed by atoms with E-state index in [-0.39, 0.29) is 5.56 Å². The van der Waals surface area contributed by atoms with E-state index < -0.39 is 17.5 Å². The van der Waals surface area contributed by atoms with Gasteiger partial charge in [0.25, 0.3) is 0 Å². The minimum atomic E-state index is -1.35. The van der Waals surface area contributed by atoms with E-state index in [1.54, 1.807) is 19.9 Å². The molecule has 0 fully saturated rings. The Morgan fingerprint density at radius 1 is 1.27 bits per heavy atom. The molecule has 3 heteroatoms. The van der Waals surface area contributed by atoms with Crippen molar-refractivity contribution in [1.82, 2.24) is 0 Å². The summed E-state index contributed by atoms with van der Waals surface area (Å²) in [5.41, 5.74) is 0.285. The molecule has 2 nitrogen and oxygen atoms in total. The standard InChI is InChI=1S/C12H17FO2/c1-7-5-8(2)10(9(13)6-7)11(14)12(3,4)15/h5-6,11,14-15H,1-4H3. The number of aliphatic hydroxyl groups is 2. The van der Waals surface area contributed by atoms with Gasteiger partial charge in [-0.15, -0.1) is 0 Å². The molecule has 0 heterocycles. The lowest BCUT2D eigenvalue weighted by molar-refractivity contribution is -0.0515. The van der Waals surface area contributed by atoms with Crippen LogP contribution < -0.4 is 0 Å². The molecule has 1 aromatic rings. The minimum Gasteiger partial charge on any atom is -0.387 e. The normalized spacial score (nSPS) is 14.1. The Morgan fingerprint density at radius 2 is 1.80 bits per heavy atom. The second-order valence-electron chi connectivity index (χ2n) is 4.53. The first-order valence-corrected chi connectivity index (χ1v) is 4.90. The Bertz CT molecular complexity index is 343. The fourth-order valence-electron chi connectivity index (χ4n) is 1.63. The first kappa shape index (κ1) is 12.1. The van der Waals surface area contributed by atoms with Gasteiger partial charge in [-0.25, -0.2) is 4.39 Å². The minimum absolute atomic E-state index is 0.174. The van der Waals surface area contributed by atoms with Gasteiger partial charge in [0.05, 0.1) is 5.60 Å². The van der Waals surface area contributed by atoms with Crippen LogP contribution in [0.4, 0.5) is 4.39 Å². The summed E-state index contributed by atoms with van der Waals surface area (Å²) in [6.07, 6.45) is -1.21. The van der Waals surface area contributed by atoms with Gasteiger partial charge < -0.3 is 10.2 Å². The predicted octanol–water partition coefficient (Wildman–Crippen LogP) is 2.25. The summed E-state index contributed by atoms with van der Waals surface area (Å²) >= 11 is 0. The molecule has 0 aromatic heterocycles. The molecule has 1 atom stereocenters. The first-order chi connectivity index (χ1) is 6.73. The van der Waals surface area contributed by atoms with E-state index >= 15 is 0 Å². The third-order valence-electron chi connectivity index (χ3n) is 2.42. The largest absolute Gasteiger partial charge is 0.387 e. The molecule has 15 heavy (non-hydrogen) atoms. The van der Waals surface area contributed by atoms with E-state index in [2.05, 4.69) is 0 Å². The van der Waals surface area contributed by atoms with Gasteiger partial charge >= 0.3 is 0 Å².